The molecule has 38 heavy (non-hydrogen) atoms. The van der Waals surface area contributed by atoms with Gasteiger partial charge in [0.2, 0.25) is 0 Å². The van der Waals surface area contributed by atoms with Gasteiger partial charge in [0.1, 0.15) is 0 Å². The van der Waals surface area contributed by atoms with E-state index in [0.29, 0.717) is 43.1 Å². The molecule has 5 rings (SSSR count). The number of nitrogens with one attached hydrogen (secondary N) is 2. The molecule has 0 saturated carbocycles. The number of nitriles is 1. The first-order valence-electron chi connectivity index (χ1n) is 12.1. The van der Waals surface area contributed by atoms with Crippen molar-refractivity contribution in [2.24, 2.45) is 0 Å². The first-order valence-corrected chi connectivity index (χ1v) is 12.1. The number of halogens is 3. The minimum atomic E-state index is -4.60. The number of hydrogen-bond donors (Lipinski definition) is 2. The van der Waals surface area contributed by atoms with Crippen molar-refractivity contribution in [1.29, 1.82) is 5.26 Å². The van der Waals surface area contributed by atoms with Crippen LogP contribution in [-0.2, 0) is 15.7 Å². The number of alkyl halides is 3. The molecule has 0 spiro atoms. The molecule has 1 atom stereocenters. The van der Waals surface area contributed by atoms with Gasteiger partial charge >= 0.3 is 12.2 Å². The monoisotopic (exact) mass is 526 g/mol. The van der Waals surface area contributed by atoms with E-state index in [2.05, 4.69) is 15.6 Å². The number of benzene rings is 2. The normalized spacial score (nSPS) is 21.0. The highest BCUT2D eigenvalue weighted by Crippen LogP contribution is 2.38. The summed E-state index contributed by atoms with van der Waals surface area (Å²) in [6, 6.07) is 11.5. The predicted molar refractivity (Wildman–Crippen MR) is 130 cm³/mol. The SMILES string of the molecule is N#Cc1ccc([C@H]2NC(=O)N(c3cccc(C(F)(F)F)c3)C3=C2C(=O)NN(CCN2CCOCC2)C3)cc1. The molecule has 3 amide bonds. The van der Waals surface area contributed by atoms with E-state index in [0.717, 1.165) is 30.1 Å². The zero-order valence-electron chi connectivity index (χ0n) is 20.3. The molecule has 1 fully saturated rings. The van der Waals surface area contributed by atoms with Crippen molar-refractivity contribution in [2.45, 2.75) is 12.2 Å². The Morgan fingerprint density at radius 1 is 1.05 bits per heavy atom. The molecular formula is C26H25F3N6O3. The van der Waals surface area contributed by atoms with Crippen LogP contribution in [0.1, 0.15) is 22.7 Å². The summed E-state index contributed by atoms with van der Waals surface area (Å²) >= 11 is 0. The molecule has 1 saturated heterocycles. The van der Waals surface area contributed by atoms with E-state index in [9.17, 15) is 22.8 Å². The van der Waals surface area contributed by atoms with E-state index in [4.69, 9.17) is 10.00 Å². The van der Waals surface area contributed by atoms with E-state index in [1.165, 1.54) is 12.1 Å². The molecule has 3 aliphatic heterocycles. The fourth-order valence-electron chi connectivity index (χ4n) is 4.83. The number of urea groups is 1. The molecule has 198 valence electrons. The molecule has 0 aromatic heterocycles. The summed E-state index contributed by atoms with van der Waals surface area (Å²) in [5.41, 5.74) is 3.49. The largest absolute Gasteiger partial charge is 0.416 e. The molecule has 0 aliphatic carbocycles. The number of nitrogens with zero attached hydrogens (tertiary/aromatic N) is 4. The van der Waals surface area contributed by atoms with Gasteiger partial charge in [0.25, 0.3) is 5.91 Å². The van der Waals surface area contributed by atoms with E-state index in [1.54, 1.807) is 29.3 Å². The zero-order valence-corrected chi connectivity index (χ0v) is 20.3. The van der Waals surface area contributed by atoms with Crippen LogP contribution in [0, 0.1) is 11.3 Å². The molecule has 12 heteroatoms. The first-order chi connectivity index (χ1) is 18.2. The summed E-state index contributed by atoms with van der Waals surface area (Å²) in [4.78, 5) is 30.2. The molecule has 0 radical (unpaired) electrons. The lowest BCUT2D eigenvalue weighted by Crippen LogP contribution is -2.59. The van der Waals surface area contributed by atoms with Crippen LogP contribution < -0.4 is 15.6 Å². The lowest BCUT2D eigenvalue weighted by atomic mass is 9.92. The molecule has 2 N–H and O–H groups in total. The molecule has 0 bridgehead atoms. The van der Waals surface area contributed by atoms with Crippen molar-refractivity contribution in [2.75, 3.05) is 50.8 Å². The van der Waals surface area contributed by atoms with Gasteiger partial charge in [-0.05, 0) is 35.9 Å². The predicted octanol–water partition coefficient (Wildman–Crippen LogP) is 2.78. The van der Waals surface area contributed by atoms with Crippen molar-refractivity contribution in [3.63, 3.8) is 0 Å². The number of hydrogen-bond acceptors (Lipinski definition) is 6. The Morgan fingerprint density at radius 2 is 1.79 bits per heavy atom. The number of morpholine rings is 1. The Balaban J connectivity index is 1.52. The zero-order chi connectivity index (χ0) is 26.9. The molecule has 2 aromatic rings. The quantitative estimate of drug-likeness (QED) is 0.622. The van der Waals surface area contributed by atoms with E-state index in [-0.39, 0.29) is 17.8 Å². The summed E-state index contributed by atoms with van der Waals surface area (Å²) < 4.78 is 45.8. The van der Waals surface area contributed by atoms with Gasteiger partial charge in [0, 0.05) is 26.2 Å². The van der Waals surface area contributed by atoms with Gasteiger partial charge in [-0.15, -0.1) is 0 Å². The number of carbonyl (C=O) groups is 2. The first kappa shape index (κ1) is 25.7. The summed E-state index contributed by atoms with van der Waals surface area (Å²) in [7, 11) is 0. The second-order valence-corrected chi connectivity index (χ2v) is 9.18. The minimum absolute atomic E-state index is 0.00549. The molecule has 2 aromatic carbocycles. The van der Waals surface area contributed by atoms with Crippen LogP contribution in [0.25, 0.3) is 0 Å². The Morgan fingerprint density at radius 3 is 2.47 bits per heavy atom. The molecule has 0 unspecified atom stereocenters. The highest BCUT2D eigenvalue weighted by atomic mass is 19.4. The highest BCUT2D eigenvalue weighted by molar-refractivity contribution is 6.05. The maximum atomic E-state index is 13.5. The average Bonchev–Trinajstić information content (AvgIpc) is 2.91. The van der Waals surface area contributed by atoms with Gasteiger partial charge in [0.05, 0.1) is 60.0 Å². The fraction of sp³-hybridized carbons (Fsp3) is 0.346. The van der Waals surface area contributed by atoms with Crippen LogP contribution in [0.5, 0.6) is 0 Å². The maximum Gasteiger partial charge on any atom is 0.416 e. The number of hydrazine groups is 1. The van der Waals surface area contributed by atoms with Gasteiger partial charge < -0.3 is 10.1 Å². The van der Waals surface area contributed by atoms with E-state index in [1.807, 2.05) is 6.07 Å². The Hall–Kier alpha value is -3.92. The molecule has 9 nitrogen and oxygen atoms in total. The smallest absolute Gasteiger partial charge is 0.379 e. The van der Waals surface area contributed by atoms with Crippen LogP contribution in [0.15, 0.2) is 59.8 Å². The summed E-state index contributed by atoms with van der Waals surface area (Å²) in [6.07, 6.45) is -4.60. The molecule has 3 aliphatic rings. The number of anilines is 1. The van der Waals surface area contributed by atoms with Crippen molar-refractivity contribution in [1.82, 2.24) is 20.7 Å². The van der Waals surface area contributed by atoms with Crippen molar-refractivity contribution in [3.05, 3.63) is 76.5 Å². The van der Waals surface area contributed by atoms with Crippen molar-refractivity contribution < 1.29 is 27.5 Å². The van der Waals surface area contributed by atoms with Gasteiger partial charge in [-0.3, -0.25) is 20.0 Å². The number of amides is 3. The van der Waals surface area contributed by atoms with E-state index < -0.39 is 29.7 Å². The lowest BCUT2D eigenvalue weighted by Gasteiger charge is -2.42. The second-order valence-electron chi connectivity index (χ2n) is 9.18. The Bertz CT molecular complexity index is 1300. The third-order valence-electron chi connectivity index (χ3n) is 6.78. The maximum absolute atomic E-state index is 13.5. The molecule has 3 heterocycles. The highest BCUT2D eigenvalue weighted by Gasteiger charge is 2.42. The Kier molecular flexibility index (Phi) is 7.07. The van der Waals surface area contributed by atoms with Gasteiger partial charge in [0.15, 0.2) is 0 Å². The van der Waals surface area contributed by atoms with Crippen LogP contribution in [0.3, 0.4) is 0 Å². The minimum Gasteiger partial charge on any atom is -0.379 e. The number of ether oxygens (including phenoxy) is 1. The fourth-order valence-corrected chi connectivity index (χ4v) is 4.83. The number of rotatable bonds is 5. The van der Waals surface area contributed by atoms with Crippen molar-refractivity contribution >= 4 is 17.6 Å². The van der Waals surface area contributed by atoms with Crippen LogP contribution in [0.2, 0.25) is 0 Å². The number of carbonyl (C=O) groups excluding carboxylic acids is 2. The molecular weight excluding hydrogens is 501 g/mol. The van der Waals surface area contributed by atoms with E-state index >= 15 is 0 Å². The summed E-state index contributed by atoms with van der Waals surface area (Å²) in [5, 5.41) is 13.6. The third kappa shape index (κ3) is 5.22. The summed E-state index contributed by atoms with van der Waals surface area (Å²) in [5.74, 6) is -0.459. The topological polar surface area (TPSA) is 101 Å². The Labute approximate surface area is 217 Å². The third-order valence-corrected chi connectivity index (χ3v) is 6.78. The lowest BCUT2D eigenvalue weighted by molar-refractivity contribution is -0.137. The van der Waals surface area contributed by atoms with Crippen LogP contribution in [-0.4, -0.2) is 67.8 Å². The summed E-state index contributed by atoms with van der Waals surface area (Å²) in [6.45, 7) is 3.96. The van der Waals surface area contributed by atoms with Gasteiger partial charge in [-0.25, -0.2) is 9.80 Å². The standard InChI is InChI=1S/C26H25F3N6O3/c27-26(28,29)19-2-1-3-20(14-19)35-21-16-34(9-8-33-10-12-38-13-11-33)32-24(36)22(21)23(31-25(35)37)18-6-4-17(15-30)5-7-18/h1-7,14,23H,8-13,16H2,(H,31,37)(H,32,36)/t23-/m1/s1. The van der Waals surface area contributed by atoms with Crippen molar-refractivity contribution in [3.8, 4) is 6.07 Å². The average molecular weight is 527 g/mol. The van der Waals surface area contributed by atoms with Crippen LogP contribution >= 0.6 is 0 Å². The van der Waals surface area contributed by atoms with Crippen LogP contribution in [0.4, 0.5) is 23.7 Å². The van der Waals surface area contributed by atoms with Gasteiger partial charge in [-0.2, -0.15) is 18.4 Å². The second kappa shape index (κ2) is 10.4. The van der Waals surface area contributed by atoms with Gasteiger partial charge in [-0.1, -0.05) is 18.2 Å².